The molecule has 2 nitrogen and oxygen atoms in total. The van der Waals surface area contributed by atoms with E-state index in [4.69, 9.17) is 0 Å². The van der Waals surface area contributed by atoms with Gasteiger partial charge in [-0.1, -0.05) is 30.8 Å². The van der Waals surface area contributed by atoms with E-state index in [-0.39, 0.29) is 0 Å². The first-order valence-electron chi connectivity index (χ1n) is 5.04. The van der Waals surface area contributed by atoms with Gasteiger partial charge in [0.25, 0.3) is 0 Å². The van der Waals surface area contributed by atoms with E-state index in [0.29, 0.717) is 0 Å². The third kappa shape index (κ3) is 1.18. The number of hydrogen-bond acceptors (Lipinski definition) is 2. The highest BCUT2D eigenvalue weighted by atomic mass is 15.3. The largest absolute Gasteiger partial charge is 0.366 e. The van der Waals surface area contributed by atoms with Crippen LogP contribution < -0.4 is 10.2 Å². The van der Waals surface area contributed by atoms with Gasteiger partial charge in [0.1, 0.15) is 0 Å². The van der Waals surface area contributed by atoms with E-state index in [1.807, 2.05) is 6.20 Å². The average molecular weight is 196 g/mol. The zero-order chi connectivity index (χ0) is 10.3. The van der Waals surface area contributed by atoms with Crippen molar-refractivity contribution in [2.24, 2.45) is 0 Å². The Balaban J connectivity index is 2.27. The lowest BCUT2D eigenvalue weighted by Crippen LogP contribution is -2.14. The van der Waals surface area contributed by atoms with Gasteiger partial charge in [0.2, 0.25) is 0 Å². The van der Waals surface area contributed by atoms with Gasteiger partial charge in [-0.05, 0) is 29.1 Å². The van der Waals surface area contributed by atoms with E-state index in [1.165, 1.54) is 22.1 Å². The van der Waals surface area contributed by atoms with Crippen molar-refractivity contribution in [3.63, 3.8) is 0 Å². The highest BCUT2D eigenvalue weighted by molar-refractivity contribution is 5.94. The predicted octanol–water partition coefficient (Wildman–Crippen LogP) is 3.17. The quantitative estimate of drug-likeness (QED) is 0.753. The first kappa shape index (κ1) is 8.36. The fourth-order valence-electron chi connectivity index (χ4n) is 2.03. The Morgan fingerprint density at radius 2 is 1.93 bits per heavy atom. The van der Waals surface area contributed by atoms with E-state index >= 15 is 0 Å². The lowest BCUT2D eigenvalue weighted by molar-refractivity contribution is 1.09. The van der Waals surface area contributed by atoms with Crippen LogP contribution in [0.15, 0.2) is 49.2 Å². The molecule has 2 aromatic rings. The molecule has 0 spiro atoms. The van der Waals surface area contributed by atoms with Gasteiger partial charge in [0.05, 0.1) is 18.0 Å². The molecule has 74 valence electrons. The molecule has 15 heavy (non-hydrogen) atoms. The Morgan fingerprint density at radius 1 is 1.20 bits per heavy atom. The van der Waals surface area contributed by atoms with Crippen LogP contribution >= 0.6 is 0 Å². The fraction of sp³-hybridized carbons (Fsp3) is 0.0769. The lowest BCUT2D eigenvalue weighted by Gasteiger charge is -2.11. The van der Waals surface area contributed by atoms with Gasteiger partial charge in [0.15, 0.2) is 0 Å². The molecular weight excluding hydrogens is 184 g/mol. The summed E-state index contributed by atoms with van der Waals surface area (Å²) in [6, 6.07) is 12.8. The SMILES string of the molecule is C=CN1CNc2cc3ccccc3cc21. The summed E-state index contributed by atoms with van der Waals surface area (Å²) >= 11 is 0. The third-order valence-electron chi connectivity index (χ3n) is 2.83. The summed E-state index contributed by atoms with van der Waals surface area (Å²) in [5, 5.41) is 5.89. The molecule has 0 bridgehead atoms. The zero-order valence-electron chi connectivity index (χ0n) is 8.40. The van der Waals surface area contributed by atoms with Crippen LogP contribution in [-0.2, 0) is 0 Å². The molecular formula is C13H12N2. The summed E-state index contributed by atoms with van der Waals surface area (Å²) in [4.78, 5) is 2.11. The number of rotatable bonds is 1. The minimum absolute atomic E-state index is 0.815. The highest BCUT2D eigenvalue weighted by Gasteiger charge is 2.16. The predicted molar refractivity (Wildman–Crippen MR) is 65.1 cm³/mol. The molecule has 0 aliphatic carbocycles. The van der Waals surface area contributed by atoms with Crippen molar-refractivity contribution in [2.45, 2.75) is 0 Å². The molecule has 0 amide bonds. The van der Waals surface area contributed by atoms with E-state index in [9.17, 15) is 0 Å². The molecule has 3 rings (SSSR count). The summed E-state index contributed by atoms with van der Waals surface area (Å²) < 4.78 is 0. The van der Waals surface area contributed by atoms with Gasteiger partial charge in [-0.15, -0.1) is 0 Å². The highest BCUT2D eigenvalue weighted by Crippen LogP contribution is 2.35. The molecule has 2 heteroatoms. The molecule has 1 N–H and O–H groups in total. The van der Waals surface area contributed by atoms with E-state index in [2.05, 4.69) is 53.2 Å². The molecule has 0 saturated carbocycles. The van der Waals surface area contributed by atoms with Gasteiger partial charge in [0, 0.05) is 0 Å². The Hall–Kier alpha value is -1.96. The van der Waals surface area contributed by atoms with Crippen molar-refractivity contribution in [3.8, 4) is 0 Å². The second-order valence-electron chi connectivity index (χ2n) is 3.70. The van der Waals surface area contributed by atoms with Crippen molar-refractivity contribution in [1.82, 2.24) is 0 Å². The maximum atomic E-state index is 3.81. The van der Waals surface area contributed by atoms with Crippen molar-refractivity contribution >= 4 is 22.1 Å². The first-order valence-corrected chi connectivity index (χ1v) is 5.04. The zero-order valence-corrected chi connectivity index (χ0v) is 8.40. The minimum atomic E-state index is 0.815. The summed E-state index contributed by atoms with van der Waals surface area (Å²) in [5.74, 6) is 0. The van der Waals surface area contributed by atoms with E-state index in [1.54, 1.807) is 0 Å². The van der Waals surface area contributed by atoms with E-state index in [0.717, 1.165) is 6.67 Å². The minimum Gasteiger partial charge on any atom is -0.366 e. The molecule has 0 fully saturated rings. The number of nitrogens with zero attached hydrogens (tertiary/aromatic N) is 1. The second kappa shape index (κ2) is 3.02. The normalized spacial score (nSPS) is 13.7. The Morgan fingerprint density at radius 3 is 2.67 bits per heavy atom. The first-order chi connectivity index (χ1) is 7.38. The van der Waals surface area contributed by atoms with Crippen LogP contribution in [0.4, 0.5) is 11.4 Å². The van der Waals surface area contributed by atoms with Crippen LogP contribution in [-0.4, -0.2) is 6.67 Å². The molecule has 1 heterocycles. The van der Waals surface area contributed by atoms with Gasteiger partial charge in [-0.25, -0.2) is 0 Å². The average Bonchev–Trinajstić information content (AvgIpc) is 2.68. The Labute approximate surface area is 88.8 Å². The lowest BCUT2D eigenvalue weighted by atomic mass is 10.1. The Kier molecular flexibility index (Phi) is 1.68. The van der Waals surface area contributed by atoms with Gasteiger partial charge in [-0.2, -0.15) is 0 Å². The summed E-state index contributed by atoms with van der Waals surface area (Å²) in [6.07, 6.45) is 1.85. The van der Waals surface area contributed by atoms with Crippen molar-refractivity contribution in [2.75, 3.05) is 16.9 Å². The number of hydrogen-bond donors (Lipinski definition) is 1. The molecule has 2 aromatic carbocycles. The molecule has 0 atom stereocenters. The topological polar surface area (TPSA) is 15.3 Å². The number of anilines is 2. The van der Waals surface area contributed by atoms with Crippen LogP contribution in [0.5, 0.6) is 0 Å². The number of nitrogens with one attached hydrogen (secondary N) is 1. The van der Waals surface area contributed by atoms with Gasteiger partial charge in [-0.3, -0.25) is 0 Å². The third-order valence-corrected chi connectivity index (χ3v) is 2.83. The molecule has 0 unspecified atom stereocenters. The molecule has 0 saturated heterocycles. The maximum absolute atomic E-state index is 3.81. The van der Waals surface area contributed by atoms with Crippen LogP contribution in [0.3, 0.4) is 0 Å². The van der Waals surface area contributed by atoms with Crippen LogP contribution in [0, 0.1) is 0 Å². The van der Waals surface area contributed by atoms with E-state index < -0.39 is 0 Å². The molecule has 1 aliphatic rings. The number of fused-ring (bicyclic) bond motifs is 2. The van der Waals surface area contributed by atoms with Crippen LogP contribution in [0.1, 0.15) is 0 Å². The molecule has 1 aliphatic heterocycles. The molecule has 0 radical (unpaired) electrons. The smallest absolute Gasteiger partial charge is 0.0920 e. The van der Waals surface area contributed by atoms with Gasteiger partial charge >= 0.3 is 0 Å². The second-order valence-corrected chi connectivity index (χ2v) is 3.70. The van der Waals surface area contributed by atoms with Gasteiger partial charge < -0.3 is 10.2 Å². The summed E-state index contributed by atoms with van der Waals surface area (Å²) in [7, 11) is 0. The summed E-state index contributed by atoms with van der Waals surface area (Å²) in [5.41, 5.74) is 2.40. The molecule has 0 aromatic heterocycles. The maximum Gasteiger partial charge on any atom is 0.0920 e. The van der Waals surface area contributed by atoms with Crippen LogP contribution in [0.2, 0.25) is 0 Å². The van der Waals surface area contributed by atoms with Crippen molar-refractivity contribution < 1.29 is 0 Å². The Bertz CT molecular complexity index is 531. The van der Waals surface area contributed by atoms with Crippen LogP contribution in [0.25, 0.3) is 10.8 Å². The number of benzene rings is 2. The standard InChI is InChI=1S/C13H12N2/c1-2-15-9-14-12-7-10-5-3-4-6-11(10)8-13(12)15/h2-8,14H,1,9H2. The summed E-state index contributed by atoms with van der Waals surface area (Å²) in [6.45, 7) is 4.62. The monoisotopic (exact) mass is 196 g/mol. The fourth-order valence-corrected chi connectivity index (χ4v) is 2.03. The van der Waals surface area contributed by atoms with Crippen molar-refractivity contribution in [3.05, 3.63) is 49.2 Å². The van der Waals surface area contributed by atoms with Crippen molar-refractivity contribution in [1.29, 1.82) is 0 Å².